The van der Waals surface area contributed by atoms with E-state index in [1.807, 2.05) is 38.1 Å². The molecule has 0 saturated heterocycles. The molecule has 0 fully saturated rings. The minimum atomic E-state index is -0.132. The molecule has 0 heterocycles. The van der Waals surface area contributed by atoms with Gasteiger partial charge < -0.3 is 0 Å². The van der Waals surface area contributed by atoms with Crippen LogP contribution in [-0.2, 0) is 0 Å². The molecule has 0 aliphatic carbocycles. The predicted octanol–water partition coefficient (Wildman–Crippen LogP) is 5.51. The Kier molecular flexibility index (Phi) is 4.64. The Balaban J connectivity index is 2.27. The number of allylic oxidation sites excluding steroid dienone is 1. The molecule has 2 aromatic carbocycles. The largest absolute Gasteiger partial charge is 0.289 e. The van der Waals surface area contributed by atoms with Crippen LogP contribution in [0.2, 0.25) is 10.0 Å². The summed E-state index contributed by atoms with van der Waals surface area (Å²) in [5, 5.41) is 0.887. The average molecular weight is 305 g/mol. The first kappa shape index (κ1) is 14.8. The maximum absolute atomic E-state index is 12.1. The molecule has 3 heteroatoms. The summed E-state index contributed by atoms with van der Waals surface area (Å²) >= 11 is 11.8. The molecule has 0 amide bonds. The van der Waals surface area contributed by atoms with E-state index in [0.29, 0.717) is 15.6 Å². The van der Waals surface area contributed by atoms with Crippen LogP contribution in [0.4, 0.5) is 0 Å². The summed E-state index contributed by atoms with van der Waals surface area (Å²) in [5.41, 5.74) is 3.77. The van der Waals surface area contributed by atoms with Crippen molar-refractivity contribution in [1.82, 2.24) is 0 Å². The molecular weight excluding hydrogens is 291 g/mol. The van der Waals surface area contributed by atoms with Crippen molar-refractivity contribution in [2.24, 2.45) is 0 Å². The monoisotopic (exact) mass is 304 g/mol. The van der Waals surface area contributed by atoms with Crippen LogP contribution in [-0.4, -0.2) is 5.78 Å². The highest BCUT2D eigenvalue weighted by Crippen LogP contribution is 2.22. The zero-order valence-electron chi connectivity index (χ0n) is 11.3. The Morgan fingerprint density at radius 2 is 1.80 bits per heavy atom. The number of ketones is 1. The standard InChI is InChI=1S/C17H14Cl2O/c1-11-3-4-12(2)13(9-11)5-8-17(20)15-7-6-14(18)10-16(15)19/h3-10H,1-2H3. The van der Waals surface area contributed by atoms with Crippen molar-refractivity contribution >= 4 is 35.1 Å². The summed E-state index contributed by atoms with van der Waals surface area (Å²) < 4.78 is 0. The van der Waals surface area contributed by atoms with E-state index in [-0.39, 0.29) is 5.78 Å². The van der Waals surface area contributed by atoms with Gasteiger partial charge in [0.05, 0.1) is 5.02 Å². The van der Waals surface area contributed by atoms with Gasteiger partial charge in [0, 0.05) is 10.6 Å². The molecule has 20 heavy (non-hydrogen) atoms. The molecule has 0 saturated carbocycles. The van der Waals surface area contributed by atoms with E-state index in [1.165, 1.54) is 6.08 Å². The van der Waals surface area contributed by atoms with Crippen LogP contribution in [0.15, 0.2) is 42.5 Å². The van der Waals surface area contributed by atoms with Crippen LogP contribution in [0.25, 0.3) is 6.08 Å². The highest BCUT2D eigenvalue weighted by Gasteiger charge is 2.07. The molecule has 0 aliphatic rings. The Bertz CT molecular complexity index is 687. The highest BCUT2D eigenvalue weighted by molar-refractivity contribution is 6.37. The molecule has 0 atom stereocenters. The van der Waals surface area contributed by atoms with Gasteiger partial charge in [-0.2, -0.15) is 0 Å². The molecular formula is C17H14Cl2O. The third-order valence-electron chi connectivity index (χ3n) is 3.05. The van der Waals surface area contributed by atoms with E-state index < -0.39 is 0 Å². The smallest absolute Gasteiger partial charge is 0.187 e. The zero-order valence-corrected chi connectivity index (χ0v) is 12.8. The second-order valence-corrected chi connectivity index (χ2v) is 5.53. The molecule has 0 unspecified atom stereocenters. The summed E-state index contributed by atoms with van der Waals surface area (Å²) in [7, 11) is 0. The Labute approximate surface area is 128 Å². The normalized spacial score (nSPS) is 11.0. The predicted molar refractivity (Wildman–Crippen MR) is 85.7 cm³/mol. The van der Waals surface area contributed by atoms with E-state index in [2.05, 4.69) is 0 Å². The fourth-order valence-corrected chi connectivity index (χ4v) is 2.39. The first-order chi connectivity index (χ1) is 9.47. The van der Waals surface area contributed by atoms with Gasteiger partial charge in [0.2, 0.25) is 0 Å². The van der Waals surface area contributed by atoms with Crippen LogP contribution >= 0.6 is 23.2 Å². The Hall–Kier alpha value is -1.57. The number of carbonyl (C=O) groups excluding carboxylic acids is 1. The molecule has 2 rings (SSSR count). The van der Waals surface area contributed by atoms with E-state index in [1.54, 1.807) is 18.2 Å². The summed E-state index contributed by atoms with van der Waals surface area (Å²) in [6.45, 7) is 4.04. The minimum absolute atomic E-state index is 0.132. The van der Waals surface area contributed by atoms with Crippen LogP contribution in [0.1, 0.15) is 27.0 Å². The summed E-state index contributed by atoms with van der Waals surface area (Å²) in [6.07, 6.45) is 3.35. The molecule has 102 valence electrons. The number of hydrogen-bond donors (Lipinski definition) is 0. The number of hydrogen-bond acceptors (Lipinski definition) is 1. The maximum Gasteiger partial charge on any atom is 0.187 e. The number of benzene rings is 2. The lowest BCUT2D eigenvalue weighted by atomic mass is 10.0. The van der Waals surface area contributed by atoms with E-state index in [0.717, 1.165) is 16.7 Å². The van der Waals surface area contributed by atoms with E-state index >= 15 is 0 Å². The van der Waals surface area contributed by atoms with Gasteiger partial charge in [-0.3, -0.25) is 4.79 Å². The Morgan fingerprint density at radius 1 is 1.05 bits per heavy atom. The zero-order chi connectivity index (χ0) is 14.7. The third kappa shape index (κ3) is 3.50. The number of aryl methyl sites for hydroxylation is 2. The van der Waals surface area contributed by atoms with Crippen LogP contribution in [0.3, 0.4) is 0 Å². The van der Waals surface area contributed by atoms with Gasteiger partial charge in [-0.1, -0.05) is 53.0 Å². The molecule has 0 radical (unpaired) electrons. The molecule has 0 spiro atoms. The maximum atomic E-state index is 12.1. The second-order valence-electron chi connectivity index (χ2n) is 4.68. The number of rotatable bonds is 3. The first-order valence-corrected chi connectivity index (χ1v) is 6.97. The van der Waals surface area contributed by atoms with Crippen molar-refractivity contribution in [3.8, 4) is 0 Å². The lowest BCUT2D eigenvalue weighted by molar-refractivity contribution is 0.104. The quantitative estimate of drug-likeness (QED) is 0.540. The summed E-state index contributed by atoms with van der Waals surface area (Å²) in [5.74, 6) is -0.132. The van der Waals surface area contributed by atoms with Gasteiger partial charge in [0.1, 0.15) is 0 Å². The van der Waals surface area contributed by atoms with Crippen molar-refractivity contribution in [2.45, 2.75) is 13.8 Å². The van der Waals surface area contributed by atoms with Gasteiger partial charge in [0.15, 0.2) is 5.78 Å². The third-order valence-corrected chi connectivity index (χ3v) is 3.59. The second kappa shape index (κ2) is 6.25. The van der Waals surface area contributed by atoms with E-state index in [9.17, 15) is 4.79 Å². The van der Waals surface area contributed by atoms with Crippen LogP contribution < -0.4 is 0 Å². The average Bonchev–Trinajstić information content (AvgIpc) is 2.39. The molecule has 2 aromatic rings. The lowest BCUT2D eigenvalue weighted by Gasteiger charge is -2.03. The summed E-state index contributed by atoms with van der Waals surface area (Å²) in [6, 6.07) is 11.0. The van der Waals surface area contributed by atoms with Crippen molar-refractivity contribution in [1.29, 1.82) is 0 Å². The first-order valence-electron chi connectivity index (χ1n) is 6.22. The summed E-state index contributed by atoms with van der Waals surface area (Å²) in [4.78, 5) is 12.1. The van der Waals surface area contributed by atoms with Crippen molar-refractivity contribution in [3.63, 3.8) is 0 Å². The van der Waals surface area contributed by atoms with Gasteiger partial charge in [-0.05, 0) is 49.2 Å². The van der Waals surface area contributed by atoms with Gasteiger partial charge in [-0.15, -0.1) is 0 Å². The Morgan fingerprint density at radius 3 is 2.50 bits per heavy atom. The molecule has 1 nitrogen and oxygen atoms in total. The SMILES string of the molecule is Cc1ccc(C)c(C=CC(=O)c2ccc(Cl)cc2Cl)c1. The molecule has 0 N–H and O–H groups in total. The van der Waals surface area contributed by atoms with Crippen LogP contribution in [0, 0.1) is 13.8 Å². The number of halogens is 2. The van der Waals surface area contributed by atoms with Gasteiger partial charge in [-0.25, -0.2) is 0 Å². The fraction of sp³-hybridized carbons (Fsp3) is 0.118. The van der Waals surface area contributed by atoms with E-state index in [4.69, 9.17) is 23.2 Å². The van der Waals surface area contributed by atoms with Gasteiger partial charge >= 0.3 is 0 Å². The molecule has 0 aliphatic heterocycles. The molecule has 0 aromatic heterocycles. The van der Waals surface area contributed by atoms with Crippen molar-refractivity contribution in [3.05, 3.63) is 74.8 Å². The topological polar surface area (TPSA) is 17.1 Å². The number of carbonyl (C=O) groups is 1. The fourth-order valence-electron chi connectivity index (χ4n) is 1.88. The minimum Gasteiger partial charge on any atom is -0.289 e. The van der Waals surface area contributed by atoms with Gasteiger partial charge in [0.25, 0.3) is 0 Å². The van der Waals surface area contributed by atoms with Crippen LogP contribution in [0.5, 0.6) is 0 Å². The van der Waals surface area contributed by atoms with Crippen molar-refractivity contribution in [2.75, 3.05) is 0 Å². The molecule has 0 bridgehead atoms. The highest BCUT2D eigenvalue weighted by atomic mass is 35.5. The lowest BCUT2D eigenvalue weighted by Crippen LogP contribution is -1.95. The van der Waals surface area contributed by atoms with Crippen molar-refractivity contribution < 1.29 is 4.79 Å².